The molecule has 0 aromatic heterocycles. The van der Waals surface area contributed by atoms with Crippen LogP contribution in [0.3, 0.4) is 0 Å². The second kappa shape index (κ2) is 9.85. The average molecular weight is 438 g/mol. The smallest absolute Gasteiger partial charge is 0.410 e. The van der Waals surface area contributed by atoms with Gasteiger partial charge in [0.05, 0.1) is 5.69 Å². The monoisotopic (exact) mass is 437 g/mol. The first-order chi connectivity index (χ1) is 15.1. The highest BCUT2D eigenvalue weighted by atomic mass is 16.6. The van der Waals surface area contributed by atoms with Crippen LogP contribution in [0.5, 0.6) is 5.75 Å². The van der Waals surface area contributed by atoms with E-state index < -0.39 is 5.60 Å². The Balaban J connectivity index is 1.58. The zero-order valence-electron chi connectivity index (χ0n) is 19.4. The average Bonchev–Trinajstić information content (AvgIpc) is 2.74. The van der Waals surface area contributed by atoms with Crippen LogP contribution < -0.4 is 9.64 Å². The molecule has 0 unspecified atom stereocenters. The molecule has 170 valence electrons. The third-order valence-corrected chi connectivity index (χ3v) is 4.98. The molecule has 2 aromatic rings. The molecule has 1 saturated heterocycles. The number of amides is 1. The molecule has 2 aromatic carbocycles. The van der Waals surface area contributed by atoms with Gasteiger partial charge < -0.3 is 19.3 Å². The van der Waals surface area contributed by atoms with Gasteiger partial charge in [-0.2, -0.15) is 0 Å². The summed E-state index contributed by atoms with van der Waals surface area (Å²) in [6, 6.07) is 15.4. The molecular weight excluding hydrogens is 406 g/mol. The van der Waals surface area contributed by atoms with Crippen LogP contribution in [0.15, 0.2) is 53.5 Å². The molecule has 3 rings (SSSR count). The molecule has 0 N–H and O–H groups in total. The molecule has 7 heteroatoms. The first-order valence-electron chi connectivity index (χ1n) is 10.8. The standard InChI is InChI=1S/C25H31N3O4/c1-18(26-21-8-12-23(13-9-21)31-19(2)29)20-6-10-22(11-7-20)27-14-16-28(17-15-27)24(30)32-25(3,4)5/h6-13H,14-17H2,1-5H3. The molecule has 0 radical (unpaired) electrons. The van der Waals surface area contributed by atoms with E-state index in [2.05, 4.69) is 34.2 Å². The Bertz CT molecular complexity index is 968. The number of rotatable bonds is 4. The Morgan fingerprint density at radius 1 is 0.875 bits per heavy atom. The molecule has 1 heterocycles. The summed E-state index contributed by atoms with van der Waals surface area (Å²) in [4.78, 5) is 32.0. The molecule has 1 amide bonds. The Labute approximate surface area is 189 Å². The van der Waals surface area contributed by atoms with Crippen LogP contribution in [0.2, 0.25) is 0 Å². The quantitative estimate of drug-likeness (QED) is 0.390. The number of aliphatic imine (C=N–C) groups is 1. The number of piperazine rings is 1. The van der Waals surface area contributed by atoms with Crippen molar-refractivity contribution in [1.82, 2.24) is 4.90 Å². The molecule has 1 aliphatic heterocycles. The van der Waals surface area contributed by atoms with Gasteiger partial charge in [-0.1, -0.05) is 12.1 Å². The van der Waals surface area contributed by atoms with Gasteiger partial charge in [0.15, 0.2) is 0 Å². The first kappa shape index (κ1) is 23.3. The number of carbonyl (C=O) groups is 2. The van der Waals surface area contributed by atoms with E-state index >= 15 is 0 Å². The van der Waals surface area contributed by atoms with Crippen molar-refractivity contribution in [2.45, 2.75) is 40.2 Å². The Hall–Kier alpha value is -3.35. The minimum Gasteiger partial charge on any atom is -0.444 e. The van der Waals surface area contributed by atoms with E-state index in [9.17, 15) is 9.59 Å². The van der Waals surface area contributed by atoms with E-state index in [0.29, 0.717) is 18.8 Å². The van der Waals surface area contributed by atoms with Crippen molar-refractivity contribution < 1.29 is 19.1 Å². The lowest BCUT2D eigenvalue weighted by Crippen LogP contribution is -2.50. The predicted octanol–water partition coefficient (Wildman–Crippen LogP) is 4.81. The van der Waals surface area contributed by atoms with Crippen molar-refractivity contribution in [3.8, 4) is 5.75 Å². The van der Waals surface area contributed by atoms with Crippen LogP contribution in [0.4, 0.5) is 16.2 Å². The van der Waals surface area contributed by atoms with Gasteiger partial charge in [-0.3, -0.25) is 9.79 Å². The third kappa shape index (κ3) is 6.57. The molecule has 0 saturated carbocycles. The summed E-state index contributed by atoms with van der Waals surface area (Å²) < 4.78 is 10.5. The number of benzene rings is 2. The van der Waals surface area contributed by atoms with Crippen molar-refractivity contribution in [1.29, 1.82) is 0 Å². The Kier molecular flexibility index (Phi) is 7.18. The zero-order valence-corrected chi connectivity index (χ0v) is 19.4. The number of esters is 1. The van der Waals surface area contributed by atoms with Crippen molar-refractivity contribution in [3.63, 3.8) is 0 Å². The van der Waals surface area contributed by atoms with E-state index in [4.69, 9.17) is 9.47 Å². The molecule has 1 fully saturated rings. The lowest BCUT2D eigenvalue weighted by atomic mass is 10.1. The maximum absolute atomic E-state index is 12.2. The van der Waals surface area contributed by atoms with Gasteiger partial charge in [-0.25, -0.2) is 4.79 Å². The molecule has 0 aliphatic carbocycles. The summed E-state index contributed by atoms with van der Waals surface area (Å²) in [5.41, 5.74) is 3.36. The molecule has 0 bridgehead atoms. The number of hydrogen-bond donors (Lipinski definition) is 0. The fourth-order valence-electron chi connectivity index (χ4n) is 3.40. The number of nitrogens with zero attached hydrogens (tertiary/aromatic N) is 3. The maximum Gasteiger partial charge on any atom is 0.410 e. The second-order valence-corrected chi connectivity index (χ2v) is 8.79. The lowest BCUT2D eigenvalue weighted by molar-refractivity contribution is -0.131. The van der Waals surface area contributed by atoms with Gasteiger partial charge in [0, 0.05) is 44.5 Å². The van der Waals surface area contributed by atoms with Gasteiger partial charge in [0.2, 0.25) is 0 Å². The summed E-state index contributed by atoms with van der Waals surface area (Å²) in [5.74, 6) is 0.161. The van der Waals surface area contributed by atoms with Gasteiger partial charge in [-0.05, 0) is 69.7 Å². The SMILES string of the molecule is CC(=O)Oc1ccc(N=C(C)c2ccc(N3CCN(C(=O)OC(C)(C)C)CC3)cc2)cc1. The van der Waals surface area contributed by atoms with Crippen LogP contribution in [0, 0.1) is 0 Å². The van der Waals surface area contributed by atoms with Gasteiger partial charge in [-0.15, -0.1) is 0 Å². The molecule has 0 atom stereocenters. The first-order valence-corrected chi connectivity index (χ1v) is 10.8. The summed E-state index contributed by atoms with van der Waals surface area (Å²) in [5, 5.41) is 0. The van der Waals surface area contributed by atoms with Crippen LogP contribution in [-0.2, 0) is 9.53 Å². The summed E-state index contributed by atoms with van der Waals surface area (Å²) >= 11 is 0. The largest absolute Gasteiger partial charge is 0.444 e. The van der Waals surface area contributed by atoms with E-state index in [0.717, 1.165) is 35.7 Å². The zero-order chi connectivity index (χ0) is 23.3. The number of hydrogen-bond acceptors (Lipinski definition) is 6. The van der Waals surface area contributed by atoms with E-state index in [-0.39, 0.29) is 12.1 Å². The topological polar surface area (TPSA) is 71.4 Å². The summed E-state index contributed by atoms with van der Waals surface area (Å²) in [7, 11) is 0. The van der Waals surface area contributed by atoms with Crippen molar-refractivity contribution in [3.05, 3.63) is 54.1 Å². The molecule has 1 aliphatic rings. The summed E-state index contributed by atoms with van der Waals surface area (Å²) in [6.45, 7) is 11.8. The van der Waals surface area contributed by atoms with Crippen LogP contribution in [0.25, 0.3) is 0 Å². The lowest BCUT2D eigenvalue weighted by Gasteiger charge is -2.36. The molecule has 7 nitrogen and oxygen atoms in total. The highest BCUT2D eigenvalue weighted by Crippen LogP contribution is 2.22. The van der Waals surface area contributed by atoms with Gasteiger partial charge in [0.1, 0.15) is 11.4 Å². The van der Waals surface area contributed by atoms with Gasteiger partial charge in [0.25, 0.3) is 0 Å². The Morgan fingerprint density at radius 2 is 1.47 bits per heavy atom. The Morgan fingerprint density at radius 3 is 2.00 bits per heavy atom. The summed E-state index contributed by atoms with van der Waals surface area (Å²) in [6.07, 6.45) is -0.250. The van der Waals surface area contributed by atoms with E-state index in [1.807, 2.05) is 39.8 Å². The molecule has 0 spiro atoms. The van der Waals surface area contributed by atoms with E-state index in [1.165, 1.54) is 6.92 Å². The maximum atomic E-state index is 12.2. The fraction of sp³-hybridized carbons (Fsp3) is 0.400. The predicted molar refractivity (Wildman–Crippen MR) is 126 cm³/mol. The number of carbonyl (C=O) groups excluding carboxylic acids is 2. The van der Waals surface area contributed by atoms with Crippen LogP contribution in [0.1, 0.15) is 40.2 Å². The minimum atomic E-state index is -0.478. The van der Waals surface area contributed by atoms with Gasteiger partial charge >= 0.3 is 12.1 Å². The van der Waals surface area contributed by atoms with Crippen molar-refractivity contribution in [2.24, 2.45) is 4.99 Å². The second-order valence-electron chi connectivity index (χ2n) is 8.79. The van der Waals surface area contributed by atoms with Crippen LogP contribution >= 0.6 is 0 Å². The number of ether oxygens (including phenoxy) is 2. The van der Waals surface area contributed by atoms with Crippen molar-refractivity contribution >= 4 is 29.1 Å². The fourth-order valence-corrected chi connectivity index (χ4v) is 3.40. The number of anilines is 1. The van der Waals surface area contributed by atoms with Crippen molar-refractivity contribution in [2.75, 3.05) is 31.1 Å². The van der Waals surface area contributed by atoms with E-state index in [1.54, 1.807) is 17.0 Å². The van der Waals surface area contributed by atoms with Crippen LogP contribution in [-0.4, -0.2) is 54.5 Å². The third-order valence-electron chi connectivity index (χ3n) is 4.98. The molecule has 32 heavy (non-hydrogen) atoms. The molecular formula is C25H31N3O4. The normalized spacial score (nSPS) is 14.8. The minimum absolute atomic E-state index is 0.250. The highest BCUT2D eigenvalue weighted by molar-refractivity contribution is 6.00. The highest BCUT2D eigenvalue weighted by Gasteiger charge is 2.25.